The minimum atomic E-state index is -0.478. The van der Waals surface area contributed by atoms with Gasteiger partial charge >= 0.3 is 0 Å². The van der Waals surface area contributed by atoms with Crippen molar-refractivity contribution in [1.82, 2.24) is 0 Å². The van der Waals surface area contributed by atoms with Crippen molar-refractivity contribution in [2.24, 2.45) is 0 Å². The molecule has 0 fully saturated rings. The third-order valence-corrected chi connectivity index (χ3v) is 10.8. The molecule has 0 bridgehead atoms. The van der Waals surface area contributed by atoms with Crippen molar-refractivity contribution in [2.45, 2.75) is 19.3 Å². The molecule has 0 amide bonds. The van der Waals surface area contributed by atoms with E-state index in [-0.39, 0.29) is 0 Å². The zero-order valence-corrected chi connectivity index (χ0v) is 29.5. The van der Waals surface area contributed by atoms with Gasteiger partial charge in [-0.25, -0.2) is 0 Å². The molecule has 0 aromatic heterocycles. The van der Waals surface area contributed by atoms with Crippen molar-refractivity contribution in [2.75, 3.05) is 4.90 Å². The van der Waals surface area contributed by atoms with Crippen molar-refractivity contribution in [3.05, 3.63) is 234 Å². The number of rotatable bonds is 7. The number of aryl methyl sites for hydroxylation is 2. The second kappa shape index (κ2) is 13.0. The van der Waals surface area contributed by atoms with Gasteiger partial charge in [-0.3, -0.25) is 0 Å². The lowest BCUT2D eigenvalue weighted by atomic mass is 9.67. The van der Waals surface area contributed by atoms with E-state index in [1.54, 1.807) is 0 Å². The van der Waals surface area contributed by atoms with E-state index in [0.29, 0.717) is 0 Å². The van der Waals surface area contributed by atoms with E-state index in [1.165, 1.54) is 72.4 Å². The third kappa shape index (κ3) is 5.17. The van der Waals surface area contributed by atoms with Crippen molar-refractivity contribution in [1.29, 1.82) is 0 Å². The van der Waals surface area contributed by atoms with Crippen LogP contribution in [0.1, 0.15) is 33.4 Å². The van der Waals surface area contributed by atoms with E-state index >= 15 is 0 Å². The molecule has 248 valence electrons. The Balaban J connectivity index is 1.29. The number of anilines is 3. The lowest BCUT2D eigenvalue weighted by Crippen LogP contribution is -2.28. The van der Waals surface area contributed by atoms with Crippen LogP contribution < -0.4 is 4.90 Å². The van der Waals surface area contributed by atoms with Crippen LogP contribution in [0.3, 0.4) is 0 Å². The summed E-state index contributed by atoms with van der Waals surface area (Å²) >= 11 is 0. The molecule has 8 aromatic rings. The topological polar surface area (TPSA) is 3.24 Å². The zero-order valence-electron chi connectivity index (χ0n) is 29.5. The van der Waals surface area contributed by atoms with Gasteiger partial charge in [0.2, 0.25) is 0 Å². The molecule has 0 unspecified atom stereocenters. The Morgan fingerprint density at radius 2 is 0.788 bits per heavy atom. The third-order valence-electron chi connectivity index (χ3n) is 10.8. The zero-order chi connectivity index (χ0) is 35.1. The van der Waals surface area contributed by atoms with Gasteiger partial charge < -0.3 is 4.90 Å². The smallest absolute Gasteiger partial charge is 0.0714 e. The van der Waals surface area contributed by atoms with Crippen LogP contribution in [0.4, 0.5) is 17.1 Å². The van der Waals surface area contributed by atoms with Crippen molar-refractivity contribution in [3.8, 4) is 33.4 Å². The molecular weight excluding hydrogens is 627 g/mol. The highest BCUT2D eigenvalue weighted by Crippen LogP contribution is 2.57. The Kier molecular flexibility index (Phi) is 7.90. The Morgan fingerprint density at radius 3 is 1.37 bits per heavy atom. The molecule has 1 aliphatic carbocycles. The molecule has 1 heteroatoms. The van der Waals surface area contributed by atoms with E-state index in [2.05, 4.69) is 219 Å². The van der Waals surface area contributed by atoms with Gasteiger partial charge in [0, 0.05) is 11.4 Å². The van der Waals surface area contributed by atoms with Gasteiger partial charge in [0.05, 0.1) is 11.1 Å². The maximum absolute atomic E-state index is 2.47. The lowest BCUT2D eigenvalue weighted by Gasteiger charge is -2.35. The summed E-state index contributed by atoms with van der Waals surface area (Å²) in [5.74, 6) is 0. The summed E-state index contributed by atoms with van der Waals surface area (Å²) in [6, 6.07) is 73.3. The molecule has 0 saturated carbocycles. The Hall–Kier alpha value is -6.44. The maximum atomic E-state index is 2.47. The van der Waals surface area contributed by atoms with Crippen molar-refractivity contribution in [3.63, 3.8) is 0 Å². The van der Waals surface area contributed by atoms with Crippen LogP contribution in [0.25, 0.3) is 33.4 Å². The van der Waals surface area contributed by atoms with Gasteiger partial charge in [0.1, 0.15) is 0 Å². The van der Waals surface area contributed by atoms with Crippen LogP contribution in [0.15, 0.2) is 200 Å². The SMILES string of the molecule is Cc1cc(-c2ccccc2)cc(C)c1N(c1ccc(-c2ccccc2)cc1)c1ccc2c(c1)C(c1ccccc1)(c1ccccc1)c1ccccc1-2. The second-order valence-corrected chi connectivity index (χ2v) is 13.8. The van der Waals surface area contributed by atoms with Crippen LogP contribution >= 0.6 is 0 Å². The number of benzene rings is 8. The average Bonchev–Trinajstić information content (AvgIpc) is 3.51. The molecule has 0 heterocycles. The molecule has 1 nitrogen and oxygen atoms in total. The molecule has 52 heavy (non-hydrogen) atoms. The van der Waals surface area contributed by atoms with E-state index in [9.17, 15) is 0 Å². The molecule has 0 aliphatic heterocycles. The van der Waals surface area contributed by atoms with Gasteiger partial charge in [-0.1, -0.05) is 164 Å². The Bertz CT molecular complexity index is 2440. The van der Waals surface area contributed by atoms with Crippen LogP contribution in [0.2, 0.25) is 0 Å². The second-order valence-electron chi connectivity index (χ2n) is 13.8. The summed E-state index contributed by atoms with van der Waals surface area (Å²) in [5, 5.41) is 0. The fourth-order valence-electron chi connectivity index (χ4n) is 8.52. The van der Waals surface area contributed by atoms with Gasteiger partial charge in [0.15, 0.2) is 0 Å². The average molecular weight is 666 g/mol. The maximum Gasteiger partial charge on any atom is 0.0714 e. The lowest BCUT2D eigenvalue weighted by molar-refractivity contribution is 0.768. The van der Waals surface area contributed by atoms with Gasteiger partial charge in [-0.15, -0.1) is 0 Å². The predicted octanol–water partition coefficient (Wildman–Crippen LogP) is 13.5. The molecule has 0 N–H and O–H groups in total. The summed E-state index contributed by atoms with van der Waals surface area (Å²) in [5.41, 5.74) is 18.0. The van der Waals surface area contributed by atoms with Crippen LogP contribution in [0.5, 0.6) is 0 Å². The predicted molar refractivity (Wildman–Crippen MR) is 219 cm³/mol. The highest BCUT2D eigenvalue weighted by atomic mass is 15.1. The summed E-state index contributed by atoms with van der Waals surface area (Å²) in [6.45, 7) is 4.50. The molecule has 0 spiro atoms. The minimum Gasteiger partial charge on any atom is -0.310 e. The van der Waals surface area contributed by atoms with Crippen LogP contribution in [-0.4, -0.2) is 0 Å². The van der Waals surface area contributed by atoms with Crippen LogP contribution in [-0.2, 0) is 5.41 Å². The van der Waals surface area contributed by atoms with E-state index < -0.39 is 5.41 Å². The molecule has 0 radical (unpaired) electrons. The quantitative estimate of drug-likeness (QED) is 0.164. The van der Waals surface area contributed by atoms with E-state index in [0.717, 1.165) is 11.4 Å². The highest BCUT2D eigenvalue weighted by molar-refractivity contribution is 5.91. The first kappa shape index (κ1) is 31.5. The standard InChI is InChI=1S/C51H39N/c1-36-33-41(39-19-9-4-10-20-39)34-37(2)50(36)52(44-29-27-40(28-30-44)38-17-7-3-8-18-38)45-31-32-47-46-25-15-16-26-48(46)51(49(47)35-45,42-21-11-5-12-22-42)43-23-13-6-14-24-43/h3-35H,1-2H3. The number of hydrogen-bond donors (Lipinski definition) is 0. The molecular formula is C51H39N. The van der Waals surface area contributed by atoms with Crippen LogP contribution in [0, 0.1) is 13.8 Å². The summed E-state index contributed by atoms with van der Waals surface area (Å²) in [7, 11) is 0. The Morgan fingerprint density at radius 1 is 0.346 bits per heavy atom. The fourth-order valence-corrected chi connectivity index (χ4v) is 8.52. The minimum absolute atomic E-state index is 0.478. The monoisotopic (exact) mass is 665 g/mol. The highest BCUT2D eigenvalue weighted by Gasteiger charge is 2.46. The summed E-state index contributed by atoms with van der Waals surface area (Å²) < 4.78 is 0. The molecule has 0 saturated heterocycles. The van der Waals surface area contributed by atoms with E-state index in [4.69, 9.17) is 0 Å². The number of nitrogens with zero attached hydrogens (tertiary/aromatic N) is 1. The molecule has 0 atom stereocenters. The first-order chi connectivity index (χ1) is 25.6. The van der Waals surface area contributed by atoms with Crippen molar-refractivity contribution < 1.29 is 0 Å². The first-order valence-corrected chi connectivity index (χ1v) is 18.1. The number of fused-ring (bicyclic) bond motifs is 3. The fraction of sp³-hybridized carbons (Fsp3) is 0.0588. The molecule has 8 aromatic carbocycles. The van der Waals surface area contributed by atoms with E-state index in [1.807, 2.05) is 0 Å². The van der Waals surface area contributed by atoms with Gasteiger partial charge in [0.25, 0.3) is 0 Å². The van der Waals surface area contributed by atoms with Gasteiger partial charge in [-0.05, 0) is 117 Å². The number of hydrogen-bond acceptors (Lipinski definition) is 1. The molecule has 1 aliphatic rings. The normalized spacial score (nSPS) is 12.6. The first-order valence-electron chi connectivity index (χ1n) is 18.1. The van der Waals surface area contributed by atoms with Gasteiger partial charge in [-0.2, -0.15) is 0 Å². The largest absolute Gasteiger partial charge is 0.310 e. The summed E-state index contributed by atoms with van der Waals surface area (Å²) in [4.78, 5) is 2.47. The summed E-state index contributed by atoms with van der Waals surface area (Å²) in [6.07, 6.45) is 0. The molecule has 9 rings (SSSR count). The van der Waals surface area contributed by atoms with Crippen molar-refractivity contribution >= 4 is 17.1 Å². The Labute approximate surface area is 307 Å².